The molecule has 1 aliphatic heterocycles. The normalized spacial score (nSPS) is 15.1. The molecule has 1 saturated heterocycles. The third-order valence-corrected chi connectivity index (χ3v) is 8.08. The first-order valence-electron chi connectivity index (χ1n) is 9.94. The van der Waals surface area contributed by atoms with E-state index in [1.165, 1.54) is 34.6 Å². The molecule has 0 unspecified atom stereocenters. The van der Waals surface area contributed by atoms with Gasteiger partial charge in [0, 0.05) is 25.0 Å². The first kappa shape index (κ1) is 24.8. The molecule has 1 amide bonds. The molecule has 1 heterocycles. The van der Waals surface area contributed by atoms with E-state index in [1.807, 2.05) is 0 Å². The van der Waals surface area contributed by atoms with Crippen LogP contribution in [0.4, 0.5) is 5.69 Å². The number of benzene rings is 2. The van der Waals surface area contributed by atoms with Crippen LogP contribution >= 0.6 is 0 Å². The van der Waals surface area contributed by atoms with Gasteiger partial charge in [0.05, 0.1) is 28.6 Å². The van der Waals surface area contributed by atoms with Crippen LogP contribution < -0.4 is 5.32 Å². The summed E-state index contributed by atoms with van der Waals surface area (Å²) in [5, 5.41) is 2.52. The number of sulfone groups is 1. The van der Waals surface area contributed by atoms with E-state index >= 15 is 0 Å². The second-order valence-corrected chi connectivity index (χ2v) is 11.3. The van der Waals surface area contributed by atoms with Crippen molar-refractivity contribution in [1.82, 2.24) is 4.31 Å². The third kappa shape index (κ3) is 6.16. The predicted molar refractivity (Wildman–Crippen MR) is 119 cm³/mol. The van der Waals surface area contributed by atoms with Gasteiger partial charge in [0.15, 0.2) is 16.4 Å². The highest BCUT2D eigenvalue weighted by Crippen LogP contribution is 2.24. The van der Waals surface area contributed by atoms with Crippen molar-refractivity contribution >= 4 is 37.4 Å². The molecule has 1 aliphatic rings. The van der Waals surface area contributed by atoms with Gasteiger partial charge in [0.2, 0.25) is 10.0 Å². The molecule has 0 bridgehead atoms. The Morgan fingerprint density at radius 3 is 2.27 bits per heavy atom. The Kier molecular flexibility index (Phi) is 7.52. The van der Waals surface area contributed by atoms with Crippen LogP contribution in [0.15, 0.2) is 52.3 Å². The highest BCUT2D eigenvalue weighted by Gasteiger charge is 2.28. The summed E-state index contributed by atoms with van der Waals surface area (Å²) in [6.07, 6.45) is 1.05. The molecule has 10 nitrogen and oxygen atoms in total. The number of nitrogens with one attached hydrogen (secondary N) is 1. The van der Waals surface area contributed by atoms with Crippen molar-refractivity contribution in [1.29, 1.82) is 0 Å². The second kappa shape index (κ2) is 10.00. The fourth-order valence-corrected chi connectivity index (χ4v) is 5.42. The first-order chi connectivity index (χ1) is 15.5. The van der Waals surface area contributed by atoms with Crippen molar-refractivity contribution in [2.24, 2.45) is 0 Å². The summed E-state index contributed by atoms with van der Waals surface area (Å²) in [5.41, 5.74) is 0.860. The van der Waals surface area contributed by atoms with E-state index in [0.717, 1.165) is 6.26 Å². The Labute approximate surface area is 192 Å². The Morgan fingerprint density at radius 1 is 1.03 bits per heavy atom. The number of esters is 1. The molecule has 0 aliphatic carbocycles. The lowest BCUT2D eigenvalue weighted by Gasteiger charge is -2.26. The van der Waals surface area contributed by atoms with E-state index in [0.29, 0.717) is 18.8 Å². The number of carbonyl (C=O) groups is 2. The zero-order chi connectivity index (χ0) is 24.2. The van der Waals surface area contributed by atoms with Gasteiger partial charge in [-0.2, -0.15) is 4.31 Å². The molecular formula is C21H24N2O8S2. The van der Waals surface area contributed by atoms with Gasteiger partial charge < -0.3 is 14.8 Å². The first-order valence-corrected chi connectivity index (χ1v) is 13.3. The van der Waals surface area contributed by atoms with E-state index < -0.39 is 38.3 Å². The van der Waals surface area contributed by atoms with E-state index in [-0.39, 0.29) is 34.1 Å². The zero-order valence-electron chi connectivity index (χ0n) is 18.1. The monoisotopic (exact) mass is 496 g/mol. The summed E-state index contributed by atoms with van der Waals surface area (Å²) < 4.78 is 60.4. The minimum Gasteiger partial charge on any atom is -0.452 e. The largest absolute Gasteiger partial charge is 0.452 e. The smallest absolute Gasteiger partial charge is 0.338 e. The number of ether oxygens (including phenoxy) is 2. The fraction of sp³-hybridized carbons (Fsp3) is 0.333. The van der Waals surface area contributed by atoms with Gasteiger partial charge in [-0.25, -0.2) is 21.6 Å². The molecule has 0 radical (unpaired) electrons. The van der Waals surface area contributed by atoms with Gasteiger partial charge in [-0.3, -0.25) is 4.79 Å². The van der Waals surface area contributed by atoms with Crippen molar-refractivity contribution in [3.05, 3.63) is 53.6 Å². The Hall–Kier alpha value is -2.80. The number of morpholine rings is 1. The third-order valence-electron chi connectivity index (χ3n) is 4.91. The molecule has 3 rings (SSSR count). The molecule has 33 heavy (non-hydrogen) atoms. The summed E-state index contributed by atoms with van der Waals surface area (Å²) in [5.74, 6) is -1.46. The average molecular weight is 497 g/mol. The molecule has 0 atom stereocenters. The maximum atomic E-state index is 13.0. The second-order valence-electron chi connectivity index (χ2n) is 7.42. The highest BCUT2D eigenvalue weighted by molar-refractivity contribution is 7.90. The molecule has 1 fully saturated rings. The van der Waals surface area contributed by atoms with Gasteiger partial charge in [0.25, 0.3) is 5.91 Å². The molecule has 0 aromatic heterocycles. The van der Waals surface area contributed by atoms with E-state index in [1.54, 1.807) is 19.1 Å². The van der Waals surface area contributed by atoms with E-state index in [9.17, 15) is 26.4 Å². The molecule has 178 valence electrons. The summed E-state index contributed by atoms with van der Waals surface area (Å²) >= 11 is 0. The molecule has 2 aromatic carbocycles. The van der Waals surface area contributed by atoms with Crippen LogP contribution in [0.1, 0.15) is 15.9 Å². The number of aryl methyl sites for hydroxylation is 1. The Bertz CT molecular complexity index is 1250. The van der Waals surface area contributed by atoms with Crippen LogP contribution in [0.25, 0.3) is 0 Å². The molecule has 0 saturated carbocycles. The quantitative estimate of drug-likeness (QED) is 0.565. The molecule has 0 spiro atoms. The van der Waals surface area contributed by atoms with E-state index in [4.69, 9.17) is 9.47 Å². The fourth-order valence-electron chi connectivity index (χ4n) is 3.13. The summed E-state index contributed by atoms with van der Waals surface area (Å²) in [4.78, 5) is 24.5. The van der Waals surface area contributed by atoms with E-state index in [2.05, 4.69) is 5.32 Å². The number of anilines is 1. The lowest BCUT2D eigenvalue weighted by atomic mass is 10.2. The number of hydrogen-bond acceptors (Lipinski definition) is 8. The predicted octanol–water partition coefficient (Wildman–Crippen LogP) is 1.21. The molecular weight excluding hydrogens is 472 g/mol. The lowest BCUT2D eigenvalue weighted by molar-refractivity contribution is -0.119. The number of rotatable bonds is 7. The van der Waals surface area contributed by atoms with Crippen LogP contribution in [0.5, 0.6) is 0 Å². The number of carbonyl (C=O) groups excluding carboxylic acids is 2. The van der Waals surface area contributed by atoms with Crippen molar-refractivity contribution in [2.45, 2.75) is 16.7 Å². The number of nitrogens with zero attached hydrogens (tertiary/aromatic N) is 1. The summed E-state index contributed by atoms with van der Waals surface area (Å²) in [7, 11) is -7.15. The topological polar surface area (TPSA) is 136 Å². The van der Waals surface area contributed by atoms with Crippen LogP contribution in [0.2, 0.25) is 0 Å². The van der Waals surface area contributed by atoms with Crippen molar-refractivity contribution in [3.8, 4) is 0 Å². The highest BCUT2D eigenvalue weighted by atomic mass is 32.2. The van der Waals surface area contributed by atoms with Gasteiger partial charge in [-0.1, -0.05) is 6.07 Å². The maximum absolute atomic E-state index is 13.0. The average Bonchev–Trinajstić information content (AvgIpc) is 2.78. The molecule has 2 aromatic rings. The van der Waals surface area contributed by atoms with Crippen LogP contribution in [0, 0.1) is 6.92 Å². The summed E-state index contributed by atoms with van der Waals surface area (Å²) in [6.45, 7) is 2.19. The van der Waals surface area contributed by atoms with Crippen molar-refractivity contribution < 1.29 is 35.9 Å². The standard InChI is InChI=1S/C21H24N2O8S2/c1-15-3-6-17(13-19(15)33(28,29)23-9-11-30-12-10-23)22-20(24)14-31-21(25)16-4-7-18(8-5-16)32(2,26)27/h3-8,13H,9-12,14H2,1-2H3,(H,22,24). The number of hydrogen-bond donors (Lipinski definition) is 1. The van der Waals surface area contributed by atoms with Crippen molar-refractivity contribution in [2.75, 3.05) is 44.5 Å². The lowest BCUT2D eigenvalue weighted by Crippen LogP contribution is -2.40. The van der Waals surface area contributed by atoms with Gasteiger partial charge >= 0.3 is 5.97 Å². The Morgan fingerprint density at radius 2 is 1.67 bits per heavy atom. The van der Waals surface area contributed by atoms with Gasteiger partial charge in [-0.05, 0) is 48.9 Å². The number of amides is 1. The SMILES string of the molecule is Cc1ccc(NC(=O)COC(=O)c2ccc(S(C)(=O)=O)cc2)cc1S(=O)(=O)N1CCOCC1. The minimum atomic E-state index is -3.75. The van der Waals surface area contributed by atoms with Crippen LogP contribution in [-0.4, -0.2) is 72.2 Å². The molecule has 1 N–H and O–H groups in total. The van der Waals surface area contributed by atoms with Gasteiger partial charge in [0.1, 0.15) is 0 Å². The Balaban J connectivity index is 1.63. The summed E-state index contributed by atoms with van der Waals surface area (Å²) in [6, 6.07) is 9.63. The van der Waals surface area contributed by atoms with Crippen LogP contribution in [-0.2, 0) is 34.1 Å². The minimum absolute atomic E-state index is 0.0546. The zero-order valence-corrected chi connectivity index (χ0v) is 19.7. The van der Waals surface area contributed by atoms with Crippen molar-refractivity contribution in [3.63, 3.8) is 0 Å². The van der Waals surface area contributed by atoms with Gasteiger partial charge in [-0.15, -0.1) is 0 Å². The number of sulfonamides is 1. The van der Waals surface area contributed by atoms with Crippen LogP contribution in [0.3, 0.4) is 0 Å². The molecule has 12 heteroatoms. The maximum Gasteiger partial charge on any atom is 0.338 e.